The average Bonchev–Trinajstić information content (AvgIpc) is 2.28. The van der Waals surface area contributed by atoms with Crippen LogP contribution in [0.5, 0.6) is 0 Å². The van der Waals surface area contributed by atoms with E-state index in [1.807, 2.05) is 0 Å². The molecule has 0 radical (unpaired) electrons. The van der Waals surface area contributed by atoms with Gasteiger partial charge in [-0.15, -0.1) is 0 Å². The number of ether oxygens (including phenoxy) is 1. The highest BCUT2D eigenvalue weighted by atomic mass is 127. The first-order chi connectivity index (χ1) is 8.01. The van der Waals surface area contributed by atoms with Crippen LogP contribution in [0.3, 0.4) is 0 Å². The number of carbonyl (C=O) groups is 1. The highest BCUT2D eigenvalue weighted by Crippen LogP contribution is 2.25. The minimum Gasteiger partial charge on any atom is -0.462 e. The van der Waals surface area contributed by atoms with Crippen molar-refractivity contribution in [3.05, 3.63) is 36.9 Å². The summed E-state index contributed by atoms with van der Waals surface area (Å²) in [4.78, 5) is 21.6. The van der Waals surface area contributed by atoms with Crippen molar-refractivity contribution < 1.29 is 14.5 Å². The van der Waals surface area contributed by atoms with Gasteiger partial charge in [-0.3, -0.25) is 10.1 Å². The molecule has 0 saturated carbocycles. The van der Waals surface area contributed by atoms with Crippen LogP contribution in [0.1, 0.15) is 22.8 Å². The monoisotopic (exact) mass is 346 g/mol. The van der Waals surface area contributed by atoms with Gasteiger partial charge in [0.2, 0.25) is 0 Å². The Labute approximate surface area is 110 Å². The van der Waals surface area contributed by atoms with Gasteiger partial charge < -0.3 is 4.74 Å². The molecule has 17 heavy (non-hydrogen) atoms. The lowest BCUT2D eigenvalue weighted by atomic mass is 10.1. The van der Waals surface area contributed by atoms with Crippen LogP contribution in [0.4, 0.5) is 5.69 Å². The van der Waals surface area contributed by atoms with Gasteiger partial charge in [0.1, 0.15) is 6.07 Å². The van der Waals surface area contributed by atoms with Gasteiger partial charge in [-0.25, -0.2) is 4.79 Å². The number of hydrogen-bond acceptors (Lipinski definition) is 5. The molecule has 0 heterocycles. The van der Waals surface area contributed by atoms with E-state index in [2.05, 4.69) is 0 Å². The number of nitro groups is 1. The van der Waals surface area contributed by atoms with Gasteiger partial charge in [-0.1, -0.05) is 0 Å². The van der Waals surface area contributed by atoms with Crippen LogP contribution >= 0.6 is 22.6 Å². The van der Waals surface area contributed by atoms with Crippen LogP contribution in [0, 0.1) is 25.0 Å². The van der Waals surface area contributed by atoms with Gasteiger partial charge >= 0.3 is 5.97 Å². The molecule has 0 fully saturated rings. The van der Waals surface area contributed by atoms with Crippen molar-refractivity contribution in [1.82, 2.24) is 0 Å². The van der Waals surface area contributed by atoms with E-state index in [9.17, 15) is 14.9 Å². The van der Waals surface area contributed by atoms with Crippen molar-refractivity contribution in [3.63, 3.8) is 0 Å². The zero-order valence-electron chi connectivity index (χ0n) is 8.77. The topological polar surface area (TPSA) is 93.2 Å². The number of carbonyl (C=O) groups excluding carboxylic acids is 1. The Kier molecular flexibility index (Phi) is 4.39. The second-order valence-corrected chi connectivity index (χ2v) is 4.10. The highest BCUT2D eigenvalue weighted by Gasteiger charge is 2.20. The third kappa shape index (κ3) is 2.91. The molecule has 0 aromatic heterocycles. The molecule has 0 bridgehead atoms. The lowest BCUT2D eigenvalue weighted by Crippen LogP contribution is -2.08. The molecule has 0 atom stereocenters. The fourth-order valence-electron chi connectivity index (χ4n) is 1.17. The molecule has 7 heteroatoms. The Hall–Kier alpha value is -1.69. The second-order valence-electron chi connectivity index (χ2n) is 2.94. The molecular weight excluding hydrogens is 339 g/mol. The maximum atomic E-state index is 11.5. The van der Waals surface area contributed by atoms with E-state index < -0.39 is 10.9 Å². The van der Waals surface area contributed by atoms with Gasteiger partial charge in [0.25, 0.3) is 5.69 Å². The molecule has 1 rings (SSSR count). The van der Waals surface area contributed by atoms with Crippen LogP contribution < -0.4 is 0 Å². The predicted octanol–water partition coefficient (Wildman–Crippen LogP) is 2.25. The van der Waals surface area contributed by atoms with E-state index in [0.717, 1.165) is 6.07 Å². The van der Waals surface area contributed by atoms with Gasteiger partial charge in [0.15, 0.2) is 0 Å². The Morgan fingerprint density at radius 1 is 1.65 bits per heavy atom. The third-order valence-electron chi connectivity index (χ3n) is 1.90. The van der Waals surface area contributed by atoms with Crippen LogP contribution in [-0.2, 0) is 4.74 Å². The third-order valence-corrected chi connectivity index (χ3v) is 2.76. The number of hydrogen-bond donors (Lipinski definition) is 0. The zero-order valence-corrected chi connectivity index (χ0v) is 10.9. The summed E-state index contributed by atoms with van der Waals surface area (Å²) < 4.78 is 5.05. The summed E-state index contributed by atoms with van der Waals surface area (Å²) in [6.07, 6.45) is 0. The number of rotatable bonds is 3. The Bertz CT molecular complexity index is 522. The first-order valence-electron chi connectivity index (χ1n) is 4.56. The molecule has 6 nitrogen and oxygen atoms in total. The molecule has 0 aliphatic heterocycles. The molecule has 0 N–H and O–H groups in total. The van der Waals surface area contributed by atoms with Gasteiger partial charge in [-0.05, 0) is 35.6 Å². The first-order valence-corrected chi connectivity index (χ1v) is 5.64. The normalized spacial score (nSPS) is 9.47. The van der Waals surface area contributed by atoms with Crippen LogP contribution in [0.15, 0.2) is 12.1 Å². The number of benzene rings is 1. The minimum absolute atomic E-state index is 0.0457. The molecule has 1 aromatic rings. The fraction of sp³-hybridized carbons (Fsp3) is 0.200. The summed E-state index contributed by atoms with van der Waals surface area (Å²) in [5.41, 5.74) is -0.213. The largest absolute Gasteiger partial charge is 0.462 e. The molecule has 0 aliphatic rings. The van der Waals surface area contributed by atoms with E-state index in [1.165, 1.54) is 6.07 Å². The molecule has 0 spiro atoms. The van der Waals surface area contributed by atoms with Crippen molar-refractivity contribution in [2.24, 2.45) is 0 Å². The number of nitriles is 1. The van der Waals surface area contributed by atoms with Crippen LogP contribution in [0.2, 0.25) is 0 Å². The molecule has 0 saturated heterocycles. The van der Waals surface area contributed by atoms with Crippen molar-refractivity contribution in [2.45, 2.75) is 6.92 Å². The predicted molar refractivity (Wildman–Crippen MR) is 66.5 cm³/mol. The molecule has 0 amide bonds. The SMILES string of the molecule is CCOC(=O)c1cc(I)c([N+](=O)[O-])cc1C#N. The summed E-state index contributed by atoms with van der Waals surface area (Å²) in [6, 6.07) is 4.11. The second kappa shape index (κ2) is 5.58. The fourth-order valence-corrected chi connectivity index (χ4v) is 1.84. The maximum absolute atomic E-state index is 11.5. The standard InChI is InChI=1S/C10H7IN2O4/c1-2-17-10(14)7-4-8(11)9(13(15)16)3-6(7)5-12/h3-4H,2H2,1H3. The van der Waals surface area contributed by atoms with E-state index in [4.69, 9.17) is 10.00 Å². The van der Waals surface area contributed by atoms with Crippen LogP contribution in [-0.4, -0.2) is 17.5 Å². The summed E-state index contributed by atoms with van der Waals surface area (Å²) in [7, 11) is 0. The quantitative estimate of drug-likeness (QED) is 0.362. The summed E-state index contributed by atoms with van der Waals surface area (Å²) >= 11 is 1.74. The van der Waals surface area contributed by atoms with Crippen molar-refractivity contribution in [1.29, 1.82) is 5.26 Å². The van der Waals surface area contributed by atoms with Crippen molar-refractivity contribution >= 4 is 34.2 Å². The molecule has 0 unspecified atom stereocenters. The van der Waals surface area contributed by atoms with Crippen LogP contribution in [0.25, 0.3) is 0 Å². The van der Waals surface area contributed by atoms with E-state index in [1.54, 1.807) is 35.6 Å². The number of esters is 1. The number of nitrogens with zero attached hydrogens (tertiary/aromatic N) is 2. The summed E-state index contributed by atoms with van der Waals surface area (Å²) in [5, 5.41) is 19.5. The number of halogens is 1. The zero-order chi connectivity index (χ0) is 13.0. The first kappa shape index (κ1) is 13.4. The lowest BCUT2D eigenvalue weighted by Gasteiger charge is -2.04. The highest BCUT2D eigenvalue weighted by molar-refractivity contribution is 14.1. The van der Waals surface area contributed by atoms with E-state index >= 15 is 0 Å². The summed E-state index contributed by atoms with van der Waals surface area (Å²) in [5.74, 6) is -0.656. The van der Waals surface area contributed by atoms with Gasteiger partial charge in [-0.2, -0.15) is 5.26 Å². The van der Waals surface area contributed by atoms with Crippen molar-refractivity contribution in [3.8, 4) is 6.07 Å². The van der Waals surface area contributed by atoms with Crippen molar-refractivity contribution in [2.75, 3.05) is 6.61 Å². The Morgan fingerprint density at radius 2 is 2.29 bits per heavy atom. The summed E-state index contributed by atoms with van der Waals surface area (Å²) in [6.45, 7) is 1.82. The minimum atomic E-state index is -0.656. The molecular formula is C10H7IN2O4. The molecule has 0 aliphatic carbocycles. The van der Waals surface area contributed by atoms with E-state index in [-0.39, 0.29) is 27.0 Å². The smallest absolute Gasteiger partial charge is 0.339 e. The molecule has 88 valence electrons. The Balaban J connectivity index is 3.34. The maximum Gasteiger partial charge on any atom is 0.339 e. The van der Waals surface area contributed by atoms with Gasteiger partial charge in [0.05, 0.1) is 26.2 Å². The molecule has 1 aromatic carbocycles. The average molecular weight is 346 g/mol. The Morgan fingerprint density at radius 3 is 2.76 bits per heavy atom. The van der Waals surface area contributed by atoms with Gasteiger partial charge in [0, 0.05) is 6.07 Å². The van der Waals surface area contributed by atoms with E-state index in [0.29, 0.717) is 0 Å². The lowest BCUT2D eigenvalue weighted by molar-refractivity contribution is -0.385. The number of nitro benzene ring substituents is 1.